The smallest absolute Gasteiger partial charge is 0.205 e. The number of nitriles is 3. The summed E-state index contributed by atoms with van der Waals surface area (Å²) in [6, 6.07) is 5.94. The molecule has 0 aromatic carbocycles. The minimum absolute atomic E-state index is 0.0502. The molecule has 0 amide bonds. The molecule has 1 aliphatic heterocycles. The Labute approximate surface area is 140 Å². The number of ketones is 1. The van der Waals surface area contributed by atoms with Gasteiger partial charge in [0.1, 0.15) is 4.87 Å². The quantitative estimate of drug-likeness (QED) is 0.674. The molecule has 7 heteroatoms. The van der Waals surface area contributed by atoms with E-state index in [9.17, 15) is 20.6 Å². The van der Waals surface area contributed by atoms with Crippen molar-refractivity contribution in [2.24, 2.45) is 27.2 Å². The highest BCUT2D eigenvalue weighted by Crippen LogP contribution is 2.67. The lowest BCUT2D eigenvalue weighted by molar-refractivity contribution is -0.159. The van der Waals surface area contributed by atoms with Gasteiger partial charge in [0.2, 0.25) is 5.90 Å². The number of methoxy groups -OCH3 is 1. The van der Waals surface area contributed by atoms with E-state index in [1.165, 1.54) is 18.9 Å². The highest BCUT2D eigenvalue weighted by atomic mass is 32.2. The Balaban J connectivity index is 2.72. The number of Topliss-reactive ketones (excluding diaryl/α,β-unsaturated/α-hetero) is 1. The second-order valence-electron chi connectivity index (χ2n) is 6.92. The third kappa shape index (κ3) is 1.79. The summed E-state index contributed by atoms with van der Waals surface area (Å²) < 4.78 is 5.29. The van der Waals surface area contributed by atoms with E-state index < -0.39 is 27.0 Å². The lowest BCUT2D eigenvalue weighted by Crippen LogP contribution is -2.71. The molecule has 0 N–H and O–H groups in total. The van der Waals surface area contributed by atoms with Crippen LogP contribution in [0.4, 0.5) is 0 Å². The Morgan fingerprint density at radius 2 is 1.70 bits per heavy atom. The molecule has 1 saturated carbocycles. The van der Waals surface area contributed by atoms with Crippen LogP contribution in [-0.4, -0.2) is 29.4 Å². The molecule has 23 heavy (non-hydrogen) atoms. The van der Waals surface area contributed by atoms with Crippen molar-refractivity contribution in [2.75, 3.05) is 12.9 Å². The Hall–Kier alpha value is -2.04. The zero-order valence-electron chi connectivity index (χ0n) is 13.8. The zero-order chi connectivity index (χ0) is 17.7. The fourth-order valence-corrected chi connectivity index (χ4v) is 5.55. The van der Waals surface area contributed by atoms with Crippen LogP contribution in [-0.2, 0) is 9.53 Å². The van der Waals surface area contributed by atoms with Crippen LogP contribution in [0.3, 0.4) is 0 Å². The van der Waals surface area contributed by atoms with Gasteiger partial charge in [-0.1, -0.05) is 0 Å². The molecule has 0 aromatic rings. The molecule has 2 rings (SSSR count). The number of aliphatic imine (C=N–C) groups is 1. The number of rotatable bonds is 0. The van der Waals surface area contributed by atoms with Crippen molar-refractivity contribution in [1.29, 1.82) is 15.8 Å². The maximum absolute atomic E-state index is 12.5. The summed E-state index contributed by atoms with van der Waals surface area (Å²) in [6.07, 6.45) is 0. The molecule has 1 atom stereocenters. The van der Waals surface area contributed by atoms with Gasteiger partial charge in [-0.05, 0) is 27.7 Å². The number of ether oxygens (including phenoxy) is 1. The topological polar surface area (TPSA) is 110 Å². The first kappa shape index (κ1) is 17.3. The largest absolute Gasteiger partial charge is 0.483 e. The van der Waals surface area contributed by atoms with Gasteiger partial charge in [0, 0.05) is 5.75 Å². The van der Waals surface area contributed by atoms with Crippen molar-refractivity contribution in [1.82, 2.24) is 0 Å². The van der Waals surface area contributed by atoms with Crippen LogP contribution >= 0.6 is 11.8 Å². The summed E-state index contributed by atoms with van der Waals surface area (Å²) in [5.74, 6) is -0.882. The van der Waals surface area contributed by atoms with Crippen LogP contribution in [0.2, 0.25) is 0 Å². The van der Waals surface area contributed by atoms with Gasteiger partial charge >= 0.3 is 0 Å². The van der Waals surface area contributed by atoms with E-state index >= 15 is 0 Å². The minimum atomic E-state index is -1.55. The van der Waals surface area contributed by atoms with E-state index in [1.807, 2.05) is 18.2 Å². The van der Waals surface area contributed by atoms with Gasteiger partial charge in [-0.3, -0.25) is 4.79 Å². The van der Waals surface area contributed by atoms with E-state index in [0.717, 1.165) is 0 Å². The van der Waals surface area contributed by atoms with Gasteiger partial charge in [-0.2, -0.15) is 15.8 Å². The number of hydrogen-bond acceptors (Lipinski definition) is 7. The Morgan fingerprint density at radius 3 is 2.09 bits per heavy atom. The predicted octanol–water partition coefficient (Wildman–Crippen LogP) is 2.28. The third-order valence-electron chi connectivity index (χ3n) is 5.08. The van der Waals surface area contributed by atoms with Crippen LogP contribution in [0, 0.1) is 56.2 Å². The normalized spacial score (nSPS) is 29.0. The van der Waals surface area contributed by atoms with Gasteiger partial charge < -0.3 is 4.74 Å². The van der Waals surface area contributed by atoms with Gasteiger partial charge in [-0.25, -0.2) is 4.99 Å². The van der Waals surface area contributed by atoms with Crippen LogP contribution in [0.1, 0.15) is 27.7 Å². The Morgan fingerprint density at radius 1 is 1.17 bits per heavy atom. The van der Waals surface area contributed by atoms with Crippen molar-refractivity contribution in [3.8, 4) is 18.2 Å². The van der Waals surface area contributed by atoms with E-state index in [-0.39, 0.29) is 17.4 Å². The molecule has 2 aliphatic rings. The summed E-state index contributed by atoms with van der Waals surface area (Å²) in [5.41, 5.74) is -3.10. The van der Waals surface area contributed by atoms with E-state index in [4.69, 9.17) is 4.74 Å². The lowest BCUT2D eigenvalue weighted by Gasteiger charge is -2.62. The van der Waals surface area contributed by atoms with Crippen molar-refractivity contribution in [2.45, 2.75) is 32.6 Å². The van der Waals surface area contributed by atoms with Crippen molar-refractivity contribution in [3.63, 3.8) is 0 Å². The van der Waals surface area contributed by atoms with Crippen molar-refractivity contribution < 1.29 is 9.53 Å². The second kappa shape index (κ2) is 4.98. The van der Waals surface area contributed by atoms with Gasteiger partial charge in [0.25, 0.3) is 0 Å². The molecule has 120 valence electrons. The van der Waals surface area contributed by atoms with Crippen LogP contribution in [0.15, 0.2) is 4.99 Å². The fourth-order valence-electron chi connectivity index (χ4n) is 3.76. The van der Waals surface area contributed by atoms with Crippen LogP contribution in [0.25, 0.3) is 0 Å². The van der Waals surface area contributed by atoms with Gasteiger partial charge in [0.05, 0.1) is 36.1 Å². The molecular formula is C16H18N4O2S. The number of thioether (sulfide) groups is 1. The molecule has 1 aliphatic carbocycles. The molecule has 0 radical (unpaired) electrons. The van der Waals surface area contributed by atoms with Crippen molar-refractivity contribution >= 4 is 23.4 Å². The lowest BCUT2D eigenvalue weighted by atomic mass is 9.50. The summed E-state index contributed by atoms with van der Waals surface area (Å²) >= 11 is 1.30. The van der Waals surface area contributed by atoms with E-state index in [0.29, 0.717) is 0 Å². The average molecular weight is 330 g/mol. The highest BCUT2D eigenvalue weighted by molar-refractivity contribution is 8.01. The number of carbonyl (C=O) groups is 1. The number of hydrogen-bond donors (Lipinski definition) is 0. The Kier molecular flexibility index (Phi) is 3.75. The first-order valence-electron chi connectivity index (χ1n) is 7.15. The summed E-state index contributed by atoms with van der Waals surface area (Å²) in [4.78, 5) is 16.3. The molecule has 0 saturated heterocycles. The van der Waals surface area contributed by atoms with Crippen LogP contribution < -0.4 is 0 Å². The number of carbonyl (C=O) groups excluding carboxylic acids is 1. The predicted molar refractivity (Wildman–Crippen MR) is 85.0 cm³/mol. The highest BCUT2D eigenvalue weighted by Gasteiger charge is 2.75. The summed E-state index contributed by atoms with van der Waals surface area (Å²) in [6.45, 7) is 7.21. The van der Waals surface area contributed by atoms with Crippen molar-refractivity contribution in [3.05, 3.63) is 0 Å². The SMILES string of the molecule is COC1=NC2(SCC(C#N)(C#N)C1C#N)C(C)(C)C(=O)C2(C)C. The maximum Gasteiger partial charge on any atom is 0.205 e. The molecule has 1 fully saturated rings. The first-order valence-corrected chi connectivity index (χ1v) is 8.13. The fraction of sp³-hybridized carbons (Fsp3) is 0.688. The molecule has 0 aromatic heterocycles. The maximum atomic E-state index is 12.5. The van der Waals surface area contributed by atoms with E-state index in [1.54, 1.807) is 27.7 Å². The zero-order valence-corrected chi connectivity index (χ0v) is 14.6. The van der Waals surface area contributed by atoms with Gasteiger partial charge in [0.15, 0.2) is 17.1 Å². The molecular weight excluding hydrogens is 312 g/mol. The molecule has 0 bridgehead atoms. The standard InChI is InChI=1S/C16H18N4O2S/c1-13(2)12(21)14(3,4)16(13)20-11(22-5)10(6-17)15(7-18,8-19)9-23-16/h10H,9H2,1-5H3. The summed E-state index contributed by atoms with van der Waals surface area (Å²) in [5, 5.41) is 28.6. The monoisotopic (exact) mass is 330 g/mol. The molecule has 1 spiro atoms. The average Bonchev–Trinajstić information content (AvgIpc) is 2.69. The first-order chi connectivity index (χ1) is 10.6. The third-order valence-corrected chi connectivity index (χ3v) is 7.21. The second-order valence-corrected chi connectivity index (χ2v) is 8.09. The minimum Gasteiger partial charge on any atom is -0.483 e. The van der Waals surface area contributed by atoms with E-state index in [2.05, 4.69) is 4.99 Å². The number of nitrogens with zero attached hydrogens (tertiary/aromatic N) is 4. The molecule has 1 heterocycles. The molecule has 1 unspecified atom stereocenters. The Bertz CT molecular complexity index is 686. The molecule has 6 nitrogen and oxygen atoms in total. The van der Waals surface area contributed by atoms with Gasteiger partial charge in [-0.15, -0.1) is 11.8 Å². The van der Waals surface area contributed by atoms with Crippen LogP contribution in [0.5, 0.6) is 0 Å². The summed E-state index contributed by atoms with van der Waals surface area (Å²) in [7, 11) is 1.37.